The highest BCUT2D eigenvalue weighted by Gasteiger charge is 2.41. The Kier molecular flexibility index (Phi) is 5.52. The fraction of sp³-hybridized carbons (Fsp3) is 0.571. The van der Waals surface area contributed by atoms with Crippen molar-refractivity contribution in [1.82, 2.24) is 10.2 Å². The van der Waals surface area contributed by atoms with Gasteiger partial charge in [0, 0.05) is 10.6 Å². The first kappa shape index (κ1) is 16.2. The van der Waals surface area contributed by atoms with Gasteiger partial charge >= 0.3 is 12.0 Å². The van der Waals surface area contributed by atoms with Gasteiger partial charge in [-0.3, -0.25) is 4.90 Å². The van der Waals surface area contributed by atoms with E-state index in [4.69, 9.17) is 0 Å². The number of carbonyl (C=O) groups is 2. The molecule has 0 saturated carbocycles. The van der Waals surface area contributed by atoms with Gasteiger partial charge in [-0.25, -0.2) is 9.59 Å². The standard InChI is InChI=1S/C14H20N2O3S2/c1-3-9(11-6-5-7-20-11)15-14(19)16-10(13(17)18)8-21-12(16)4-2/h5-7,9-10,12H,3-4,8H2,1-2H3,(H,15,19)(H,17,18). The zero-order chi connectivity index (χ0) is 15.4. The zero-order valence-corrected chi connectivity index (χ0v) is 13.7. The molecule has 2 rings (SSSR count). The average Bonchev–Trinajstić information content (AvgIpc) is 3.12. The molecule has 5 nitrogen and oxygen atoms in total. The van der Waals surface area contributed by atoms with Gasteiger partial charge in [-0.1, -0.05) is 19.9 Å². The first-order valence-electron chi connectivity index (χ1n) is 7.05. The van der Waals surface area contributed by atoms with Gasteiger partial charge in [0.25, 0.3) is 0 Å². The third kappa shape index (κ3) is 3.52. The Morgan fingerprint density at radius 1 is 1.52 bits per heavy atom. The maximum Gasteiger partial charge on any atom is 0.327 e. The number of thiophene rings is 1. The lowest BCUT2D eigenvalue weighted by atomic mass is 10.2. The first-order chi connectivity index (χ1) is 10.1. The van der Waals surface area contributed by atoms with E-state index in [1.54, 1.807) is 11.3 Å². The van der Waals surface area contributed by atoms with Crippen LogP contribution in [0.3, 0.4) is 0 Å². The second kappa shape index (κ2) is 7.17. The smallest absolute Gasteiger partial charge is 0.327 e. The van der Waals surface area contributed by atoms with Crippen LogP contribution in [0.1, 0.15) is 37.6 Å². The largest absolute Gasteiger partial charge is 0.480 e. The summed E-state index contributed by atoms with van der Waals surface area (Å²) in [5, 5.41) is 14.2. The third-order valence-electron chi connectivity index (χ3n) is 3.55. The molecule has 3 atom stereocenters. The molecule has 21 heavy (non-hydrogen) atoms. The van der Waals surface area contributed by atoms with Crippen molar-refractivity contribution < 1.29 is 14.7 Å². The quantitative estimate of drug-likeness (QED) is 0.871. The summed E-state index contributed by atoms with van der Waals surface area (Å²) in [5.74, 6) is -0.477. The van der Waals surface area contributed by atoms with E-state index in [9.17, 15) is 14.7 Å². The molecule has 0 radical (unpaired) electrons. The summed E-state index contributed by atoms with van der Waals surface area (Å²) in [4.78, 5) is 26.5. The maximum absolute atomic E-state index is 12.5. The van der Waals surface area contributed by atoms with Crippen molar-refractivity contribution in [2.45, 2.75) is 44.1 Å². The Labute approximate surface area is 132 Å². The number of nitrogens with zero attached hydrogens (tertiary/aromatic N) is 1. The summed E-state index contributed by atoms with van der Waals surface area (Å²) in [6.45, 7) is 3.98. The fourth-order valence-electron chi connectivity index (χ4n) is 2.43. The highest BCUT2D eigenvalue weighted by Crippen LogP contribution is 2.32. The second-order valence-electron chi connectivity index (χ2n) is 4.88. The third-order valence-corrected chi connectivity index (χ3v) is 5.99. The lowest BCUT2D eigenvalue weighted by Crippen LogP contribution is -2.50. The molecular weight excluding hydrogens is 308 g/mol. The number of hydrogen-bond acceptors (Lipinski definition) is 4. The van der Waals surface area contributed by atoms with E-state index < -0.39 is 12.0 Å². The minimum absolute atomic E-state index is 0.0601. The fourth-order valence-corrected chi connectivity index (χ4v) is 4.64. The van der Waals surface area contributed by atoms with Crippen molar-refractivity contribution in [3.8, 4) is 0 Å². The molecule has 2 heterocycles. The molecule has 1 saturated heterocycles. The van der Waals surface area contributed by atoms with Crippen LogP contribution in [0, 0.1) is 0 Å². The van der Waals surface area contributed by atoms with Crippen LogP contribution < -0.4 is 5.32 Å². The summed E-state index contributed by atoms with van der Waals surface area (Å²) >= 11 is 3.13. The molecule has 2 N–H and O–H groups in total. The minimum Gasteiger partial charge on any atom is -0.480 e. The van der Waals surface area contributed by atoms with Crippen LogP contribution in [-0.4, -0.2) is 39.2 Å². The molecular formula is C14H20N2O3S2. The monoisotopic (exact) mass is 328 g/mol. The lowest BCUT2D eigenvalue weighted by molar-refractivity contribution is -0.141. The van der Waals surface area contributed by atoms with Crippen LogP contribution in [0.4, 0.5) is 4.79 Å². The SMILES string of the molecule is CCC(NC(=O)N1C(CC)SCC1C(=O)O)c1cccs1. The molecule has 0 bridgehead atoms. The van der Waals surface area contributed by atoms with E-state index >= 15 is 0 Å². The molecule has 1 aliphatic rings. The number of carbonyl (C=O) groups excluding carboxylic acids is 1. The van der Waals surface area contributed by atoms with Gasteiger partial charge in [0.2, 0.25) is 0 Å². The number of rotatable bonds is 5. The van der Waals surface area contributed by atoms with Crippen LogP contribution in [0.15, 0.2) is 17.5 Å². The highest BCUT2D eigenvalue weighted by atomic mass is 32.2. The molecule has 116 valence electrons. The topological polar surface area (TPSA) is 69.6 Å². The normalized spacial score (nSPS) is 23.0. The summed E-state index contributed by atoms with van der Waals surface area (Å²) in [6.07, 6.45) is 1.53. The summed E-state index contributed by atoms with van der Waals surface area (Å²) < 4.78 is 0. The van der Waals surface area contributed by atoms with Crippen molar-refractivity contribution >= 4 is 35.1 Å². The van der Waals surface area contributed by atoms with Crippen molar-refractivity contribution in [3.05, 3.63) is 22.4 Å². The van der Waals surface area contributed by atoms with Gasteiger partial charge in [0.15, 0.2) is 0 Å². The maximum atomic E-state index is 12.5. The lowest BCUT2D eigenvalue weighted by Gasteiger charge is -2.29. The molecule has 0 aliphatic carbocycles. The van der Waals surface area contributed by atoms with Crippen molar-refractivity contribution in [1.29, 1.82) is 0 Å². The Morgan fingerprint density at radius 2 is 2.29 bits per heavy atom. The van der Waals surface area contributed by atoms with E-state index in [0.29, 0.717) is 5.75 Å². The van der Waals surface area contributed by atoms with Crippen LogP contribution in [0.25, 0.3) is 0 Å². The Hall–Kier alpha value is -1.21. The molecule has 1 fully saturated rings. The molecule has 1 aliphatic heterocycles. The van der Waals surface area contributed by atoms with E-state index in [1.807, 2.05) is 31.4 Å². The van der Waals surface area contributed by atoms with Gasteiger partial charge in [-0.05, 0) is 24.3 Å². The summed E-state index contributed by atoms with van der Waals surface area (Å²) in [7, 11) is 0. The van der Waals surface area contributed by atoms with Crippen molar-refractivity contribution in [2.24, 2.45) is 0 Å². The number of carboxylic acid groups (broad SMARTS) is 1. The molecule has 0 spiro atoms. The van der Waals surface area contributed by atoms with E-state index in [0.717, 1.165) is 17.7 Å². The zero-order valence-electron chi connectivity index (χ0n) is 12.1. The van der Waals surface area contributed by atoms with Gasteiger partial charge in [-0.15, -0.1) is 23.1 Å². The van der Waals surface area contributed by atoms with Crippen LogP contribution >= 0.6 is 23.1 Å². The van der Waals surface area contributed by atoms with Crippen molar-refractivity contribution in [3.63, 3.8) is 0 Å². The Bertz CT molecular complexity index is 492. The van der Waals surface area contributed by atoms with Gasteiger partial charge in [-0.2, -0.15) is 0 Å². The minimum atomic E-state index is -0.933. The number of hydrogen-bond donors (Lipinski definition) is 2. The molecule has 1 aromatic heterocycles. The van der Waals surface area contributed by atoms with Crippen LogP contribution in [0.5, 0.6) is 0 Å². The van der Waals surface area contributed by atoms with Crippen molar-refractivity contribution in [2.75, 3.05) is 5.75 Å². The molecule has 0 aromatic carbocycles. The summed E-state index contributed by atoms with van der Waals surface area (Å²) in [6, 6.07) is 2.87. The van der Waals surface area contributed by atoms with Gasteiger partial charge < -0.3 is 10.4 Å². The number of nitrogens with one attached hydrogen (secondary N) is 1. The molecule has 1 aromatic rings. The van der Waals surface area contributed by atoms with E-state index in [2.05, 4.69) is 5.32 Å². The average molecular weight is 328 g/mol. The number of thioether (sulfide) groups is 1. The Morgan fingerprint density at radius 3 is 2.81 bits per heavy atom. The molecule has 7 heteroatoms. The molecule has 2 amide bonds. The second-order valence-corrected chi connectivity index (χ2v) is 7.07. The van der Waals surface area contributed by atoms with E-state index in [1.165, 1.54) is 16.7 Å². The number of amides is 2. The van der Waals surface area contributed by atoms with Crippen LogP contribution in [-0.2, 0) is 4.79 Å². The predicted octanol–water partition coefficient (Wildman–Crippen LogP) is 3.15. The molecule has 3 unspecified atom stereocenters. The van der Waals surface area contributed by atoms with Gasteiger partial charge in [0.1, 0.15) is 6.04 Å². The predicted molar refractivity (Wildman–Crippen MR) is 85.7 cm³/mol. The number of urea groups is 1. The Balaban J connectivity index is 2.11. The van der Waals surface area contributed by atoms with Gasteiger partial charge in [0.05, 0.1) is 11.4 Å². The number of carboxylic acids is 1. The first-order valence-corrected chi connectivity index (χ1v) is 8.97. The highest BCUT2D eigenvalue weighted by molar-refractivity contribution is 8.00. The number of aliphatic carboxylic acids is 1. The van der Waals surface area contributed by atoms with E-state index in [-0.39, 0.29) is 17.4 Å². The van der Waals surface area contributed by atoms with Crippen LogP contribution in [0.2, 0.25) is 0 Å². The summed E-state index contributed by atoms with van der Waals surface area (Å²) in [5.41, 5.74) is 0.